The third-order valence-electron chi connectivity index (χ3n) is 3.70. The Morgan fingerprint density at radius 3 is 2.69 bits per heavy atom. The fourth-order valence-electron chi connectivity index (χ4n) is 2.73. The van der Waals surface area contributed by atoms with E-state index < -0.39 is 0 Å². The molecular formula is C13H19ClN2. The Labute approximate surface area is 102 Å². The second-order valence-electron chi connectivity index (χ2n) is 4.64. The van der Waals surface area contributed by atoms with Gasteiger partial charge in [0.25, 0.3) is 0 Å². The lowest BCUT2D eigenvalue weighted by atomic mass is 9.89. The van der Waals surface area contributed by atoms with Gasteiger partial charge in [0.2, 0.25) is 0 Å². The SMILES string of the molecule is Cc1c(Cl)cccc1C(NN)C1CCCC1. The molecule has 1 atom stereocenters. The van der Waals surface area contributed by atoms with Crippen molar-refractivity contribution in [3.63, 3.8) is 0 Å². The molecule has 0 bridgehead atoms. The molecule has 2 nitrogen and oxygen atoms in total. The molecule has 1 aliphatic rings. The Morgan fingerprint density at radius 1 is 1.38 bits per heavy atom. The van der Waals surface area contributed by atoms with Gasteiger partial charge in [-0.3, -0.25) is 11.3 Å². The van der Waals surface area contributed by atoms with Crippen LogP contribution in [0.5, 0.6) is 0 Å². The molecule has 3 heteroatoms. The van der Waals surface area contributed by atoms with E-state index in [-0.39, 0.29) is 6.04 Å². The Morgan fingerprint density at radius 2 is 2.06 bits per heavy atom. The first-order valence-electron chi connectivity index (χ1n) is 5.95. The Hall–Kier alpha value is -0.570. The molecule has 2 rings (SSSR count). The summed E-state index contributed by atoms with van der Waals surface area (Å²) < 4.78 is 0. The molecule has 0 aromatic heterocycles. The molecule has 0 aliphatic heterocycles. The fraction of sp³-hybridized carbons (Fsp3) is 0.538. The zero-order valence-electron chi connectivity index (χ0n) is 9.67. The number of hydrogen-bond acceptors (Lipinski definition) is 2. The number of hydrogen-bond donors (Lipinski definition) is 2. The van der Waals surface area contributed by atoms with Crippen LogP contribution in [0.15, 0.2) is 18.2 Å². The molecule has 1 saturated carbocycles. The fourth-order valence-corrected chi connectivity index (χ4v) is 2.91. The van der Waals surface area contributed by atoms with Gasteiger partial charge in [-0.05, 0) is 42.9 Å². The molecular weight excluding hydrogens is 220 g/mol. The van der Waals surface area contributed by atoms with Crippen molar-refractivity contribution in [2.45, 2.75) is 38.6 Å². The second-order valence-corrected chi connectivity index (χ2v) is 5.05. The predicted molar refractivity (Wildman–Crippen MR) is 68.2 cm³/mol. The molecule has 0 amide bonds. The molecule has 0 saturated heterocycles. The lowest BCUT2D eigenvalue weighted by Crippen LogP contribution is -2.33. The van der Waals surface area contributed by atoms with Crippen molar-refractivity contribution in [3.8, 4) is 0 Å². The van der Waals surface area contributed by atoms with Crippen LogP contribution in [-0.2, 0) is 0 Å². The zero-order valence-corrected chi connectivity index (χ0v) is 10.4. The van der Waals surface area contributed by atoms with E-state index in [0.717, 1.165) is 10.6 Å². The predicted octanol–water partition coefficient (Wildman–Crippen LogP) is 3.34. The van der Waals surface area contributed by atoms with E-state index in [1.165, 1.54) is 31.2 Å². The molecule has 88 valence electrons. The van der Waals surface area contributed by atoms with Gasteiger partial charge in [-0.25, -0.2) is 0 Å². The third-order valence-corrected chi connectivity index (χ3v) is 4.10. The molecule has 1 aromatic rings. The van der Waals surface area contributed by atoms with E-state index in [4.69, 9.17) is 17.4 Å². The van der Waals surface area contributed by atoms with Crippen LogP contribution >= 0.6 is 11.6 Å². The van der Waals surface area contributed by atoms with Crippen LogP contribution in [0.2, 0.25) is 5.02 Å². The molecule has 0 spiro atoms. The molecule has 0 heterocycles. The first-order chi connectivity index (χ1) is 7.74. The maximum Gasteiger partial charge on any atom is 0.0491 e. The van der Waals surface area contributed by atoms with Crippen molar-refractivity contribution in [3.05, 3.63) is 34.3 Å². The van der Waals surface area contributed by atoms with Gasteiger partial charge in [-0.1, -0.05) is 36.6 Å². The monoisotopic (exact) mass is 238 g/mol. The standard InChI is InChI=1S/C13H19ClN2/c1-9-11(7-4-8-12(9)14)13(16-15)10-5-2-3-6-10/h4,7-8,10,13,16H,2-3,5-6,15H2,1H3. The summed E-state index contributed by atoms with van der Waals surface area (Å²) in [5, 5.41) is 0.829. The minimum atomic E-state index is 0.251. The number of nitrogens with one attached hydrogen (secondary N) is 1. The number of halogens is 1. The van der Waals surface area contributed by atoms with Crippen LogP contribution in [0.25, 0.3) is 0 Å². The van der Waals surface area contributed by atoms with E-state index in [1.54, 1.807) is 0 Å². The van der Waals surface area contributed by atoms with Gasteiger partial charge in [0.1, 0.15) is 0 Å². The average molecular weight is 239 g/mol. The average Bonchev–Trinajstić information content (AvgIpc) is 2.79. The van der Waals surface area contributed by atoms with Gasteiger partial charge in [0, 0.05) is 11.1 Å². The summed E-state index contributed by atoms with van der Waals surface area (Å²) in [4.78, 5) is 0. The van der Waals surface area contributed by atoms with Crippen molar-refractivity contribution >= 4 is 11.6 Å². The van der Waals surface area contributed by atoms with Crippen molar-refractivity contribution in [1.82, 2.24) is 5.43 Å². The number of nitrogens with two attached hydrogens (primary N) is 1. The van der Waals surface area contributed by atoms with Crippen LogP contribution in [0.3, 0.4) is 0 Å². The van der Waals surface area contributed by atoms with Crippen molar-refractivity contribution in [1.29, 1.82) is 0 Å². The van der Waals surface area contributed by atoms with Gasteiger partial charge >= 0.3 is 0 Å². The lowest BCUT2D eigenvalue weighted by molar-refractivity contribution is 0.372. The van der Waals surface area contributed by atoms with Gasteiger partial charge < -0.3 is 0 Å². The highest BCUT2D eigenvalue weighted by molar-refractivity contribution is 6.31. The van der Waals surface area contributed by atoms with Crippen LogP contribution in [0, 0.1) is 12.8 Å². The first-order valence-corrected chi connectivity index (χ1v) is 6.33. The summed E-state index contributed by atoms with van der Waals surface area (Å²) in [6.45, 7) is 2.07. The molecule has 16 heavy (non-hydrogen) atoms. The van der Waals surface area contributed by atoms with Crippen LogP contribution in [0.4, 0.5) is 0 Å². The minimum absolute atomic E-state index is 0.251. The van der Waals surface area contributed by atoms with E-state index in [1.807, 2.05) is 12.1 Å². The smallest absolute Gasteiger partial charge is 0.0491 e. The summed E-state index contributed by atoms with van der Waals surface area (Å²) in [5.41, 5.74) is 5.37. The molecule has 3 N–H and O–H groups in total. The summed E-state index contributed by atoms with van der Waals surface area (Å²) in [6.07, 6.45) is 5.17. The van der Waals surface area contributed by atoms with Crippen molar-refractivity contribution in [2.24, 2.45) is 11.8 Å². The van der Waals surface area contributed by atoms with Crippen molar-refractivity contribution in [2.75, 3.05) is 0 Å². The highest BCUT2D eigenvalue weighted by atomic mass is 35.5. The minimum Gasteiger partial charge on any atom is -0.271 e. The van der Waals surface area contributed by atoms with Crippen molar-refractivity contribution < 1.29 is 0 Å². The van der Waals surface area contributed by atoms with E-state index in [9.17, 15) is 0 Å². The van der Waals surface area contributed by atoms with Gasteiger partial charge in [0.15, 0.2) is 0 Å². The Kier molecular flexibility index (Phi) is 3.85. The van der Waals surface area contributed by atoms with E-state index in [2.05, 4.69) is 18.4 Å². The normalized spacial score (nSPS) is 18.9. The van der Waals surface area contributed by atoms with Crippen LogP contribution < -0.4 is 11.3 Å². The maximum atomic E-state index is 6.15. The number of rotatable bonds is 3. The number of benzene rings is 1. The summed E-state index contributed by atoms with van der Waals surface area (Å²) in [5.74, 6) is 6.37. The lowest BCUT2D eigenvalue weighted by Gasteiger charge is -2.25. The molecule has 0 radical (unpaired) electrons. The van der Waals surface area contributed by atoms with E-state index in [0.29, 0.717) is 5.92 Å². The first kappa shape index (κ1) is 11.9. The maximum absolute atomic E-state index is 6.15. The topological polar surface area (TPSA) is 38.0 Å². The number of hydrazine groups is 1. The molecule has 1 aromatic carbocycles. The highest BCUT2D eigenvalue weighted by Crippen LogP contribution is 2.37. The van der Waals surface area contributed by atoms with Gasteiger partial charge in [0.05, 0.1) is 0 Å². The quantitative estimate of drug-likeness (QED) is 0.626. The van der Waals surface area contributed by atoms with Crippen LogP contribution in [0.1, 0.15) is 42.9 Å². The summed E-state index contributed by atoms with van der Waals surface area (Å²) in [7, 11) is 0. The Bertz CT molecular complexity index is 359. The highest BCUT2D eigenvalue weighted by Gasteiger charge is 2.26. The zero-order chi connectivity index (χ0) is 11.5. The van der Waals surface area contributed by atoms with Crippen LogP contribution in [-0.4, -0.2) is 0 Å². The summed E-state index contributed by atoms with van der Waals surface area (Å²) in [6, 6.07) is 6.32. The second kappa shape index (κ2) is 5.17. The molecule has 1 unspecified atom stereocenters. The molecule has 1 aliphatic carbocycles. The summed E-state index contributed by atoms with van der Waals surface area (Å²) >= 11 is 6.15. The van der Waals surface area contributed by atoms with Gasteiger partial charge in [-0.15, -0.1) is 0 Å². The van der Waals surface area contributed by atoms with Gasteiger partial charge in [-0.2, -0.15) is 0 Å². The van der Waals surface area contributed by atoms with E-state index >= 15 is 0 Å². The third kappa shape index (κ3) is 2.24. The largest absolute Gasteiger partial charge is 0.271 e. The Balaban J connectivity index is 2.28. The molecule has 1 fully saturated rings.